The Morgan fingerprint density at radius 3 is 2.81 bits per heavy atom. The van der Waals surface area contributed by atoms with E-state index >= 15 is 0 Å². The summed E-state index contributed by atoms with van der Waals surface area (Å²) >= 11 is 0. The van der Waals surface area contributed by atoms with Gasteiger partial charge in [-0.3, -0.25) is 4.79 Å². The zero-order valence-corrected chi connectivity index (χ0v) is 9.65. The summed E-state index contributed by atoms with van der Waals surface area (Å²) in [6.07, 6.45) is 5.72. The first-order chi connectivity index (χ1) is 7.81. The van der Waals surface area contributed by atoms with Gasteiger partial charge in [-0.1, -0.05) is 0 Å². The van der Waals surface area contributed by atoms with Gasteiger partial charge in [0.05, 0.1) is 12.1 Å². The molecule has 1 saturated heterocycles. The maximum Gasteiger partial charge on any atom is 0.220 e. The number of aliphatic hydroxyl groups excluding tert-OH is 1. The first-order valence-electron chi connectivity index (χ1n) is 6.33. The molecule has 0 radical (unpaired) electrons. The van der Waals surface area contributed by atoms with Gasteiger partial charge in [0, 0.05) is 19.6 Å². The molecule has 92 valence electrons. The van der Waals surface area contributed by atoms with E-state index in [1.807, 2.05) is 0 Å². The van der Waals surface area contributed by atoms with Crippen molar-refractivity contribution in [3.63, 3.8) is 0 Å². The van der Waals surface area contributed by atoms with Crippen LogP contribution >= 0.6 is 0 Å². The Morgan fingerprint density at radius 1 is 1.31 bits per heavy atom. The molecule has 2 aliphatic rings. The molecule has 2 atom stereocenters. The van der Waals surface area contributed by atoms with Crippen LogP contribution in [0.4, 0.5) is 0 Å². The van der Waals surface area contributed by atoms with Crippen LogP contribution in [0.1, 0.15) is 38.5 Å². The zero-order chi connectivity index (χ0) is 11.4. The minimum absolute atomic E-state index is 0.106. The zero-order valence-electron chi connectivity index (χ0n) is 9.65. The normalized spacial score (nSPS) is 29.3. The van der Waals surface area contributed by atoms with E-state index in [1.165, 1.54) is 12.8 Å². The van der Waals surface area contributed by atoms with E-state index in [4.69, 9.17) is 9.84 Å². The maximum absolute atomic E-state index is 11.6. The highest BCUT2D eigenvalue weighted by Gasteiger charge is 2.40. The van der Waals surface area contributed by atoms with Crippen LogP contribution in [0.2, 0.25) is 0 Å². The Bertz CT molecular complexity index is 240. The minimum atomic E-state index is 0.106. The molecule has 0 bridgehead atoms. The number of hydrogen-bond donors (Lipinski definition) is 2. The van der Waals surface area contributed by atoms with Crippen molar-refractivity contribution in [2.24, 2.45) is 5.92 Å². The molecule has 1 amide bonds. The highest BCUT2D eigenvalue weighted by Crippen LogP contribution is 2.38. The van der Waals surface area contributed by atoms with E-state index in [0.717, 1.165) is 19.4 Å². The van der Waals surface area contributed by atoms with Gasteiger partial charge in [-0.25, -0.2) is 0 Å². The standard InChI is InChI=1S/C12H21NO3/c14-7-2-1-3-11(15)13-10-6-8-16-12(10)9-4-5-9/h9-10,12,14H,1-8H2,(H,13,15). The van der Waals surface area contributed by atoms with E-state index in [-0.39, 0.29) is 24.7 Å². The molecular weight excluding hydrogens is 206 g/mol. The van der Waals surface area contributed by atoms with Gasteiger partial charge in [-0.2, -0.15) is 0 Å². The lowest BCUT2D eigenvalue weighted by atomic mass is 10.1. The second-order valence-electron chi connectivity index (χ2n) is 4.82. The lowest BCUT2D eigenvalue weighted by molar-refractivity contribution is -0.122. The third-order valence-corrected chi connectivity index (χ3v) is 3.38. The van der Waals surface area contributed by atoms with Crippen LogP contribution in [-0.4, -0.2) is 36.4 Å². The van der Waals surface area contributed by atoms with E-state index in [1.54, 1.807) is 0 Å². The molecule has 0 aromatic carbocycles. The first-order valence-corrected chi connectivity index (χ1v) is 6.33. The van der Waals surface area contributed by atoms with E-state index in [9.17, 15) is 4.79 Å². The van der Waals surface area contributed by atoms with Gasteiger partial charge in [0.2, 0.25) is 5.91 Å². The molecule has 4 heteroatoms. The molecule has 1 aliphatic heterocycles. The highest BCUT2D eigenvalue weighted by atomic mass is 16.5. The molecule has 16 heavy (non-hydrogen) atoms. The number of unbranched alkanes of at least 4 members (excludes halogenated alkanes) is 1. The number of amides is 1. The fraction of sp³-hybridized carbons (Fsp3) is 0.917. The number of carbonyl (C=O) groups is 1. The Labute approximate surface area is 96.4 Å². The largest absolute Gasteiger partial charge is 0.396 e. The van der Waals surface area contributed by atoms with Gasteiger partial charge in [-0.05, 0) is 38.0 Å². The average Bonchev–Trinajstić information content (AvgIpc) is 3.01. The van der Waals surface area contributed by atoms with E-state index < -0.39 is 0 Å². The molecular formula is C12H21NO3. The van der Waals surface area contributed by atoms with Gasteiger partial charge in [0.25, 0.3) is 0 Å². The molecule has 4 nitrogen and oxygen atoms in total. The molecule has 1 heterocycles. The van der Waals surface area contributed by atoms with Gasteiger partial charge in [0.15, 0.2) is 0 Å². The number of carbonyl (C=O) groups excluding carboxylic acids is 1. The van der Waals surface area contributed by atoms with Crippen molar-refractivity contribution < 1.29 is 14.6 Å². The van der Waals surface area contributed by atoms with Crippen LogP contribution in [0.3, 0.4) is 0 Å². The SMILES string of the molecule is O=C(CCCCO)NC1CCOC1C1CC1. The molecule has 1 saturated carbocycles. The van der Waals surface area contributed by atoms with Crippen LogP contribution in [0, 0.1) is 5.92 Å². The second-order valence-corrected chi connectivity index (χ2v) is 4.82. The number of aliphatic hydroxyl groups is 1. The number of ether oxygens (including phenoxy) is 1. The first kappa shape index (κ1) is 11.9. The Balaban J connectivity index is 1.69. The molecule has 2 N–H and O–H groups in total. The molecule has 1 aliphatic carbocycles. The monoisotopic (exact) mass is 227 g/mol. The predicted octanol–water partition coefficient (Wildman–Crippen LogP) is 0.833. The Hall–Kier alpha value is -0.610. The summed E-state index contributed by atoms with van der Waals surface area (Å²) < 4.78 is 5.66. The van der Waals surface area contributed by atoms with E-state index in [2.05, 4.69) is 5.32 Å². The summed E-state index contributed by atoms with van der Waals surface area (Å²) in [5.41, 5.74) is 0. The van der Waals surface area contributed by atoms with Gasteiger partial charge < -0.3 is 15.2 Å². The second kappa shape index (κ2) is 5.64. The molecule has 2 fully saturated rings. The summed E-state index contributed by atoms with van der Waals surface area (Å²) in [7, 11) is 0. The van der Waals surface area contributed by atoms with Crippen LogP contribution in [-0.2, 0) is 9.53 Å². The molecule has 0 aromatic rings. The van der Waals surface area contributed by atoms with Gasteiger partial charge in [0.1, 0.15) is 0 Å². The molecule has 0 spiro atoms. The molecule has 0 aromatic heterocycles. The predicted molar refractivity (Wildman–Crippen MR) is 59.9 cm³/mol. The summed E-state index contributed by atoms with van der Waals surface area (Å²) in [4.78, 5) is 11.6. The average molecular weight is 227 g/mol. The van der Waals surface area contributed by atoms with Crippen molar-refractivity contribution in [3.8, 4) is 0 Å². The smallest absolute Gasteiger partial charge is 0.220 e. The number of nitrogens with one attached hydrogen (secondary N) is 1. The van der Waals surface area contributed by atoms with Gasteiger partial charge in [-0.15, -0.1) is 0 Å². The highest BCUT2D eigenvalue weighted by molar-refractivity contribution is 5.76. The van der Waals surface area contributed by atoms with Crippen LogP contribution in [0.5, 0.6) is 0 Å². The third kappa shape index (κ3) is 3.19. The van der Waals surface area contributed by atoms with Gasteiger partial charge >= 0.3 is 0 Å². The van der Waals surface area contributed by atoms with E-state index in [0.29, 0.717) is 18.8 Å². The maximum atomic E-state index is 11.6. The van der Waals surface area contributed by atoms with Crippen molar-refractivity contribution in [2.75, 3.05) is 13.2 Å². The van der Waals surface area contributed by atoms with Crippen LogP contribution < -0.4 is 5.32 Å². The van der Waals surface area contributed by atoms with Crippen LogP contribution in [0.15, 0.2) is 0 Å². The lowest BCUT2D eigenvalue weighted by Gasteiger charge is -2.19. The van der Waals surface area contributed by atoms with Crippen molar-refractivity contribution in [1.29, 1.82) is 0 Å². The number of rotatable bonds is 6. The third-order valence-electron chi connectivity index (χ3n) is 3.38. The Morgan fingerprint density at radius 2 is 2.12 bits per heavy atom. The summed E-state index contributed by atoms with van der Waals surface area (Å²) in [6.45, 7) is 0.952. The summed E-state index contributed by atoms with van der Waals surface area (Å²) in [5.74, 6) is 0.792. The summed E-state index contributed by atoms with van der Waals surface area (Å²) in [5, 5.41) is 11.7. The molecule has 2 unspecified atom stereocenters. The minimum Gasteiger partial charge on any atom is -0.396 e. The van der Waals surface area contributed by atoms with Crippen molar-refractivity contribution in [2.45, 2.75) is 50.7 Å². The van der Waals surface area contributed by atoms with Crippen molar-refractivity contribution in [1.82, 2.24) is 5.32 Å². The number of hydrogen-bond acceptors (Lipinski definition) is 3. The fourth-order valence-electron chi connectivity index (χ4n) is 2.33. The molecule has 2 rings (SSSR count). The quantitative estimate of drug-likeness (QED) is 0.661. The lowest BCUT2D eigenvalue weighted by Crippen LogP contribution is -2.41. The van der Waals surface area contributed by atoms with Crippen LogP contribution in [0.25, 0.3) is 0 Å². The summed E-state index contributed by atoms with van der Waals surface area (Å²) in [6, 6.07) is 0.231. The fourth-order valence-corrected chi connectivity index (χ4v) is 2.33. The van der Waals surface area contributed by atoms with Crippen molar-refractivity contribution >= 4 is 5.91 Å². The Kier molecular flexibility index (Phi) is 4.18. The topological polar surface area (TPSA) is 58.6 Å². The van der Waals surface area contributed by atoms with Crippen molar-refractivity contribution in [3.05, 3.63) is 0 Å².